The fraction of sp³-hybridized carbons (Fsp3) is 0.375. The molecular weight excluding hydrogens is 236 g/mol. The summed E-state index contributed by atoms with van der Waals surface area (Å²) in [5.74, 6) is 0. The van der Waals surface area contributed by atoms with Crippen LogP contribution in [0.4, 0.5) is 0 Å². The lowest BCUT2D eigenvalue weighted by molar-refractivity contribution is 0.190. The lowest BCUT2D eigenvalue weighted by Gasteiger charge is -2.23. The highest BCUT2D eigenvalue weighted by Gasteiger charge is 2.29. The molecule has 0 radical (unpaired) electrons. The lowest BCUT2D eigenvalue weighted by atomic mass is 9.98. The van der Waals surface area contributed by atoms with Crippen molar-refractivity contribution < 1.29 is 5.11 Å². The van der Waals surface area contributed by atoms with E-state index in [1.165, 1.54) is 21.9 Å². The molecule has 1 unspecified atom stereocenters. The highest BCUT2D eigenvalue weighted by Crippen LogP contribution is 2.37. The predicted molar refractivity (Wildman–Crippen MR) is 77.9 cm³/mol. The zero-order valence-corrected chi connectivity index (χ0v) is 11.0. The van der Waals surface area contributed by atoms with E-state index in [1.807, 2.05) is 0 Å². The third-order valence-electron chi connectivity index (χ3n) is 4.06. The number of rotatable bonds is 4. The average molecular weight is 256 g/mol. The molecule has 2 aromatic rings. The van der Waals surface area contributed by atoms with Crippen molar-refractivity contribution in [2.75, 3.05) is 19.7 Å². The Morgan fingerprint density at radius 2 is 2.05 bits per heavy atom. The minimum atomic E-state index is 0.241. The molecule has 1 atom stereocenters. The van der Waals surface area contributed by atoms with E-state index in [4.69, 9.17) is 10.8 Å². The quantitative estimate of drug-likeness (QED) is 0.880. The van der Waals surface area contributed by atoms with Crippen LogP contribution >= 0.6 is 0 Å². The van der Waals surface area contributed by atoms with Crippen LogP contribution in [0.15, 0.2) is 36.4 Å². The molecule has 2 aromatic carbocycles. The number of aliphatic hydroxyl groups is 1. The molecular formula is C16H20N2O. The van der Waals surface area contributed by atoms with Gasteiger partial charge in [0.2, 0.25) is 0 Å². The number of nitrogens with two attached hydrogens (primary N) is 1. The normalized spacial score (nSPS) is 18.9. The predicted octanol–water partition coefficient (Wildman–Crippen LogP) is 2.04. The number of hydrogen-bond acceptors (Lipinski definition) is 3. The largest absolute Gasteiger partial charge is 0.396 e. The summed E-state index contributed by atoms with van der Waals surface area (Å²) in [6, 6.07) is 13.2. The molecule has 19 heavy (non-hydrogen) atoms. The Hall–Kier alpha value is -1.42. The van der Waals surface area contributed by atoms with Gasteiger partial charge in [-0.25, -0.2) is 0 Å². The molecule has 3 heteroatoms. The summed E-state index contributed by atoms with van der Waals surface area (Å²) in [6.45, 7) is 2.72. The van der Waals surface area contributed by atoms with Gasteiger partial charge in [-0.3, -0.25) is 4.90 Å². The van der Waals surface area contributed by atoms with E-state index in [0.29, 0.717) is 12.6 Å². The van der Waals surface area contributed by atoms with E-state index in [9.17, 15) is 0 Å². The summed E-state index contributed by atoms with van der Waals surface area (Å²) in [6.07, 6.45) is 0.808. The summed E-state index contributed by atoms with van der Waals surface area (Å²) < 4.78 is 0. The Morgan fingerprint density at radius 1 is 1.21 bits per heavy atom. The Morgan fingerprint density at radius 3 is 2.84 bits per heavy atom. The van der Waals surface area contributed by atoms with Crippen LogP contribution in [0.2, 0.25) is 0 Å². The number of nitrogens with zero attached hydrogens (tertiary/aromatic N) is 1. The summed E-state index contributed by atoms with van der Waals surface area (Å²) in [7, 11) is 0. The SMILES string of the molecule is NCC1c2ccc3ccccc3c2CN1CCCO. The van der Waals surface area contributed by atoms with Gasteiger partial charge in [-0.05, 0) is 28.3 Å². The van der Waals surface area contributed by atoms with E-state index < -0.39 is 0 Å². The lowest BCUT2D eigenvalue weighted by Crippen LogP contribution is -2.29. The minimum Gasteiger partial charge on any atom is -0.396 e. The van der Waals surface area contributed by atoms with Crippen LogP contribution in [-0.2, 0) is 6.54 Å². The molecule has 0 bridgehead atoms. The summed E-state index contributed by atoms with van der Waals surface area (Å²) in [5, 5.41) is 11.6. The standard InChI is InChI=1S/C16H20N2O/c17-10-16-14-7-6-12-4-1-2-5-13(12)15(14)11-18(16)8-3-9-19/h1-2,4-7,16,19H,3,8-11,17H2. The molecule has 0 saturated carbocycles. The van der Waals surface area contributed by atoms with Gasteiger partial charge in [-0.2, -0.15) is 0 Å². The third kappa shape index (κ3) is 2.14. The molecule has 3 rings (SSSR count). The molecule has 1 aliphatic heterocycles. The van der Waals surface area contributed by atoms with Gasteiger partial charge in [-0.1, -0.05) is 36.4 Å². The molecule has 0 amide bonds. The summed E-state index contributed by atoms with van der Waals surface area (Å²) in [4.78, 5) is 2.38. The van der Waals surface area contributed by atoms with Crippen LogP contribution in [0, 0.1) is 0 Å². The second kappa shape index (κ2) is 5.29. The van der Waals surface area contributed by atoms with Gasteiger partial charge in [-0.15, -0.1) is 0 Å². The molecule has 0 aliphatic carbocycles. The molecule has 0 fully saturated rings. The molecule has 0 saturated heterocycles. The zero-order valence-electron chi connectivity index (χ0n) is 11.0. The summed E-state index contributed by atoms with van der Waals surface area (Å²) in [5.41, 5.74) is 8.72. The first-order valence-corrected chi connectivity index (χ1v) is 6.90. The number of aliphatic hydroxyl groups excluding tert-OH is 1. The second-order valence-electron chi connectivity index (χ2n) is 5.15. The van der Waals surface area contributed by atoms with Crippen molar-refractivity contribution in [3.63, 3.8) is 0 Å². The molecule has 3 N–H and O–H groups in total. The van der Waals surface area contributed by atoms with Gasteiger partial charge in [0, 0.05) is 32.3 Å². The molecule has 0 aromatic heterocycles. The highest BCUT2D eigenvalue weighted by molar-refractivity contribution is 5.87. The topological polar surface area (TPSA) is 49.5 Å². The zero-order chi connectivity index (χ0) is 13.2. The van der Waals surface area contributed by atoms with Crippen LogP contribution in [0.1, 0.15) is 23.6 Å². The molecule has 100 valence electrons. The van der Waals surface area contributed by atoms with Gasteiger partial charge in [0.1, 0.15) is 0 Å². The van der Waals surface area contributed by atoms with Crippen molar-refractivity contribution in [1.29, 1.82) is 0 Å². The Balaban J connectivity index is 2.02. The number of benzene rings is 2. The first-order valence-electron chi connectivity index (χ1n) is 6.90. The van der Waals surface area contributed by atoms with Crippen molar-refractivity contribution in [2.24, 2.45) is 5.73 Å². The molecule has 1 heterocycles. The van der Waals surface area contributed by atoms with Gasteiger partial charge in [0.05, 0.1) is 0 Å². The van der Waals surface area contributed by atoms with Crippen molar-refractivity contribution in [3.05, 3.63) is 47.5 Å². The summed E-state index contributed by atoms with van der Waals surface area (Å²) >= 11 is 0. The highest BCUT2D eigenvalue weighted by atomic mass is 16.3. The van der Waals surface area contributed by atoms with Gasteiger partial charge in [0.15, 0.2) is 0 Å². The van der Waals surface area contributed by atoms with E-state index in [1.54, 1.807) is 0 Å². The van der Waals surface area contributed by atoms with E-state index in [-0.39, 0.29) is 6.61 Å². The van der Waals surface area contributed by atoms with E-state index in [2.05, 4.69) is 41.3 Å². The Labute approximate surface area is 113 Å². The molecule has 3 nitrogen and oxygen atoms in total. The van der Waals surface area contributed by atoms with Crippen molar-refractivity contribution >= 4 is 10.8 Å². The number of fused-ring (bicyclic) bond motifs is 3. The van der Waals surface area contributed by atoms with Gasteiger partial charge in [0.25, 0.3) is 0 Å². The fourth-order valence-corrected chi connectivity index (χ4v) is 3.14. The average Bonchev–Trinajstić information content (AvgIpc) is 2.82. The molecule has 0 spiro atoms. The maximum atomic E-state index is 9.02. The third-order valence-corrected chi connectivity index (χ3v) is 4.06. The van der Waals surface area contributed by atoms with Crippen LogP contribution < -0.4 is 5.73 Å². The van der Waals surface area contributed by atoms with Crippen LogP contribution in [0.5, 0.6) is 0 Å². The Bertz CT molecular complexity index is 582. The van der Waals surface area contributed by atoms with Crippen molar-refractivity contribution in [3.8, 4) is 0 Å². The van der Waals surface area contributed by atoms with E-state index >= 15 is 0 Å². The second-order valence-corrected chi connectivity index (χ2v) is 5.15. The van der Waals surface area contributed by atoms with E-state index in [0.717, 1.165) is 19.5 Å². The number of hydrogen-bond donors (Lipinski definition) is 2. The smallest absolute Gasteiger partial charge is 0.0477 e. The first-order chi connectivity index (χ1) is 9.35. The Kier molecular flexibility index (Phi) is 3.51. The van der Waals surface area contributed by atoms with Crippen LogP contribution in [0.25, 0.3) is 10.8 Å². The van der Waals surface area contributed by atoms with Crippen molar-refractivity contribution in [2.45, 2.75) is 19.0 Å². The van der Waals surface area contributed by atoms with Crippen LogP contribution in [-0.4, -0.2) is 29.7 Å². The van der Waals surface area contributed by atoms with Crippen LogP contribution in [0.3, 0.4) is 0 Å². The first kappa shape index (κ1) is 12.6. The minimum absolute atomic E-state index is 0.241. The van der Waals surface area contributed by atoms with Gasteiger partial charge < -0.3 is 10.8 Å². The maximum Gasteiger partial charge on any atom is 0.0477 e. The van der Waals surface area contributed by atoms with Crippen molar-refractivity contribution in [1.82, 2.24) is 4.90 Å². The monoisotopic (exact) mass is 256 g/mol. The van der Waals surface area contributed by atoms with Gasteiger partial charge >= 0.3 is 0 Å². The fourth-order valence-electron chi connectivity index (χ4n) is 3.14. The maximum absolute atomic E-state index is 9.02. The molecule has 1 aliphatic rings.